The summed E-state index contributed by atoms with van der Waals surface area (Å²) >= 11 is 5.27. The molecule has 144 valence electrons. The van der Waals surface area contributed by atoms with E-state index in [0.29, 0.717) is 5.69 Å². The molecular formula is C20H21N5O2S. The molecule has 0 saturated heterocycles. The topological polar surface area (TPSA) is 72.6 Å². The lowest BCUT2D eigenvalue weighted by molar-refractivity contribution is 0.415. The fourth-order valence-corrected chi connectivity index (χ4v) is 2.90. The van der Waals surface area contributed by atoms with Crippen molar-refractivity contribution in [2.45, 2.75) is 6.92 Å². The molecule has 0 unspecified atom stereocenters. The summed E-state index contributed by atoms with van der Waals surface area (Å²) in [5, 5.41) is 7.28. The average molecular weight is 395 g/mol. The molecule has 0 radical (unpaired) electrons. The van der Waals surface area contributed by atoms with Crippen molar-refractivity contribution in [3.8, 4) is 11.4 Å². The summed E-state index contributed by atoms with van der Waals surface area (Å²) in [6, 6.07) is 16.9. The minimum atomic E-state index is -0.188. The maximum absolute atomic E-state index is 12.9. The summed E-state index contributed by atoms with van der Waals surface area (Å²) in [7, 11) is 3.43. The molecule has 0 aliphatic rings. The Bertz CT molecular complexity index is 1070. The van der Waals surface area contributed by atoms with Crippen LogP contribution in [-0.4, -0.2) is 27.8 Å². The zero-order valence-electron chi connectivity index (χ0n) is 15.8. The van der Waals surface area contributed by atoms with Crippen molar-refractivity contribution in [3.05, 3.63) is 76.2 Å². The van der Waals surface area contributed by atoms with Gasteiger partial charge in [-0.05, 0) is 49.0 Å². The number of anilines is 1. The third-order valence-corrected chi connectivity index (χ3v) is 4.46. The number of para-hydroxylation sites is 1. The normalized spacial score (nSPS) is 10.8. The predicted molar refractivity (Wildman–Crippen MR) is 116 cm³/mol. The quantitative estimate of drug-likeness (QED) is 0.395. The number of methoxy groups -OCH3 is 1. The van der Waals surface area contributed by atoms with E-state index in [-0.39, 0.29) is 10.7 Å². The highest BCUT2D eigenvalue weighted by Gasteiger charge is 2.16. The molecule has 3 aromatic rings. The Hall–Kier alpha value is -3.39. The fourth-order valence-electron chi connectivity index (χ4n) is 2.74. The molecule has 2 N–H and O–H groups in total. The van der Waals surface area contributed by atoms with E-state index in [4.69, 9.17) is 17.0 Å². The van der Waals surface area contributed by atoms with Crippen LogP contribution in [0.4, 0.5) is 5.69 Å². The summed E-state index contributed by atoms with van der Waals surface area (Å²) in [4.78, 5) is 12.9. The largest absolute Gasteiger partial charge is 0.497 e. The molecule has 0 fully saturated rings. The molecule has 0 bridgehead atoms. The van der Waals surface area contributed by atoms with Crippen molar-refractivity contribution < 1.29 is 4.74 Å². The summed E-state index contributed by atoms with van der Waals surface area (Å²) in [6.45, 7) is 1.85. The number of hydrazone groups is 1. The van der Waals surface area contributed by atoms with E-state index < -0.39 is 0 Å². The second-order valence-electron chi connectivity index (χ2n) is 6.04. The number of hydrogen-bond acceptors (Lipinski definition) is 4. The van der Waals surface area contributed by atoms with Crippen LogP contribution in [0.3, 0.4) is 0 Å². The summed E-state index contributed by atoms with van der Waals surface area (Å²) in [5.74, 6) is 0.742. The monoisotopic (exact) mass is 395 g/mol. The molecule has 0 spiro atoms. The zero-order valence-corrected chi connectivity index (χ0v) is 16.7. The van der Waals surface area contributed by atoms with Crippen molar-refractivity contribution in [2.75, 3.05) is 12.4 Å². The highest BCUT2D eigenvalue weighted by atomic mass is 32.1. The predicted octanol–water partition coefficient (Wildman–Crippen LogP) is 2.81. The number of aromatic nitrogens is 2. The van der Waals surface area contributed by atoms with Crippen molar-refractivity contribution in [1.82, 2.24) is 14.8 Å². The third kappa shape index (κ3) is 4.12. The third-order valence-electron chi connectivity index (χ3n) is 4.27. The first-order valence-electron chi connectivity index (χ1n) is 8.59. The van der Waals surface area contributed by atoms with E-state index in [2.05, 4.69) is 15.8 Å². The SMILES string of the molecule is COc1cccc(/C=N\NC(=S)Nc2c(C)n(C)n(-c3ccccc3)c2=O)c1. The van der Waals surface area contributed by atoms with Gasteiger partial charge in [-0.1, -0.05) is 30.3 Å². The van der Waals surface area contributed by atoms with Crippen molar-refractivity contribution >= 4 is 29.2 Å². The number of ether oxygens (including phenoxy) is 1. The Morgan fingerprint density at radius 1 is 1.18 bits per heavy atom. The lowest BCUT2D eigenvalue weighted by Crippen LogP contribution is -2.28. The van der Waals surface area contributed by atoms with Crippen molar-refractivity contribution in [1.29, 1.82) is 0 Å². The van der Waals surface area contributed by atoms with E-state index in [1.165, 1.54) is 0 Å². The van der Waals surface area contributed by atoms with Gasteiger partial charge >= 0.3 is 0 Å². The molecule has 1 heterocycles. The molecule has 28 heavy (non-hydrogen) atoms. The van der Waals surface area contributed by atoms with Gasteiger partial charge in [0.15, 0.2) is 5.11 Å². The van der Waals surface area contributed by atoms with Gasteiger partial charge in [-0.25, -0.2) is 4.68 Å². The molecule has 0 amide bonds. The smallest absolute Gasteiger partial charge is 0.295 e. The van der Waals surface area contributed by atoms with E-state index in [0.717, 1.165) is 22.7 Å². The second-order valence-corrected chi connectivity index (χ2v) is 6.45. The van der Waals surface area contributed by atoms with Crippen LogP contribution in [0, 0.1) is 6.92 Å². The van der Waals surface area contributed by atoms with Gasteiger partial charge in [0.05, 0.1) is 24.7 Å². The second kappa shape index (κ2) is 8.53. The van der Waals surface area contributed by atoms with Crippen LogP contribution < -0.4 is 21.0 Å². The number of thiocarbonyl (C=S) groups is 1. The van der Waals surface area contributed by atoms with Crippen LogP contribution in [0.15, 0.2) is 64.5 Å². The first kappa shape index (κ1) is 19.4. The van der Waals surface area contributed by atoms with Gasteiger partial charge in [0.2, 0.25) is 0 Å². The highest BCUT2D eigenvalue weighted by Crippen LogP contribution is 2.14. The lowest BCUT2D eigenvalue weighted by Gasteiger charge is -2.07. The van der Waals surface area contributed by atoms with E-state index in [1.807, 2.05) is 68.6 Å². The van der Waals surface area contributed by atoms with Gasteiger partial charge in [0.1, 0.15) is 11.4 Å². The van der Waals surface area contributed by atoms with Crippen LogP contribution in [0.25, 0.3) is 5.69 Å². The first-order valence-corrected chi connectivity index (χ1v) is 9.00. The molecule has 0 aliphatic carbocycles. The standard InChI is InChI=1S/C20H21N5O2S/c1-14-18(19(26)25(24(14)2)16-9-5-4-6-10-16)22-20(28)23-21-13-15-8-7-11-17(12-15)27-3/h4-13H,1-3H3,(H2,22,23,28)/b21-13-. The zero-order chi connectivity index (χ0) is 20.1. The first-order chi connectivity index (χ1) is 13.5. The van der Waals surface area contributed by atoms with Crippen LogP contribution in [0.1, 0.15) is 11.3 Å². The van der Waals surface area contributed by atoms with E-state index >= 15 is 0 Å². The number of rotatable bonds is 5. The average Bonchev–Trinajstić information content (AvgIpc) is 2.92. The highest BCUT2D eigenvalue weighted by molar-refractivity contribution is 7.80. The van der Waals surface area contributed by atoms with Gasteiger partial charge in [-0.2, -0.15) is 5.10 Å². The van der Waals surface area contributed by atoms with Crippen molar-refractivity contribution in [3.63, 3.8) is 0 Å². The summed E-state index contributed by atoms with van der Waals surface area (Å²) in [6.07, 6.45) is 1.62. The Balaban J connectivity index is 1.74. The Labute approximate surface area is 168 Å². The van der Waals surface area contributed by atoms with Gasteiger partial charge in [0, 0.05) is 7.05 Å². The molecule has 8 heteroatoms. The molecule has 0 aliphatic heterocycles. The molecule has 7 nitrogen and oxygen atoms in total. The molecule has 0 atom stereocenters. The number of hydrogen-bond donors (Lipinski definition) is 2. The Kier molecular flexibility index (Phi) is 5.90. The summed E-state index contributed by atoms with van der Waals surface area (Å²) < 4.78 is 8.54. The molecule has 3 rings (SSSR count). The minimum absolute atomic E-state index is 0.188. The van der Waals surface area contributed by atoms with Gasteiger partial charge < -0.3 is 10.1 Å². The number of benzene rings is 2. The van der Waals surface area contributed by atoms with Gasteiger partial charge in [0.25, 0.3) is 5.56 Å². The van der Waals surface area contributed by atoms with Gasteiger partial charge in [-0.15, -0.1) is 0 Å². The Morgan fingerprint density at radius 3 is 2.64 bits per heavy atom. The van der Waals surface area contributed by atoms with Crippen LogP contribution in [0.2, 0.25) is 0 Å². The van der Waals surface area contributed by atoms with Crippen LogP contribution >= 0.6 is 12.2 Å². The molecule has 0 saturated carbocycles. The maximum atomic E-state index is 12.9. The summed E-state index contributed by atoms with van der Waals surface area (Å²) in [5.41, 5.74) is 5.34. The lowest BCUT2D eigenvalue weighted by atomic mass is 10.2. The minimum Gasteiger partial charge on any atom is -0.497 e. The molecule has 2 aromatic carbocycles. The van der Waals surface area contributed by atoms with E-state index in [9.17, 15) is 4.79 Å². The van der Waals surface area contributed by atoms with Crippen molar-refractivity contribution in [2.24, 2.45) is 12.1 Å². The molecule has 1 aromatic heterocycles. The van der Waals surface area contributed by atoms with Crippen LogP contribution in [0.5, 0.6) is 5.75 Å². The van der Waals surface area contributed by atoms with Gasteiger partial charge in [-0.3, -0.25) is 14.9 Å². The number of nitrogens with zero attached hydrogens (tertiary/aromatic N) is 3. The van der Waals surface area contributed by atoms with Crippen LogP contribution in [-0.2, 0) is 7.05 Å². The fraction of sp³-hybridized carbons (Fsp3) is 0.150. The molecular weight excluding hydrogens is 374 g/mol. The number of nitrogens with one attached hydrogen (secondary N) is 2. The Morgan fingerprint density at radius 2 is 1.93 bits per heavy atom. The maximum Gasteiger partial charge on any atom is 0.295 e. The van der Waals surface area contributed by atoms with E-state index in [1.54, 1.807) is 22.7 Å².